The molecule has 3 aromatic heterocycles. The summed E-state index contributed by atoms with van der Waals surface area (Å²) in [5.74, 6) is -0.445. The lowest BCUT2D eigenvalue weighted by Gasteiger charge is -2.11. The Morgan fingerprint density at radius 2 is 0.518 bits per heavy atom. The Morgan fingerprint density at radius 1 is 0.200 bits per heavy atom. The molecule has 85 heavy (non-hydrogen) atoms. The zero-order valence-corrected chi connectivity index (χ0v) is 45.9. The van der Waals surface area contributed by atoms with Crippen molar-refractivity contribution in [2.75, 3.05) is 0 Å². The summed E-state index contributed by atoms with van der Waals surface area (Å²) in [4.78, 5) is 0. The summed E-state index contributed by atoms with van der Waals surface area (Å²) in [6, 6.07) is 104. The van der Waals surface area contributed by atoms with Crippen LogP contribution in [0.1, 0.15) is 0 Å². The molecule has 0 atom stereocenters. The van der Waals surface area contributed by atoms with Crippen molar-refractivity contribution < 1.29 is 8.78 Å². The molecule has 0 saturated carbocycles. The fraction of sp³-hybridized carbons (Fsp3) is 0. The Balaban J connectivity index is 0.843. The van der Waals surface area contributed by atoms with Gasteiger partial charge in [-0.2, -0.15) is 0 Å². The molecule has 0 bridgehead atoms. The molecule has 17 rings (SSSR count). The number of rotatable bonds is 8. The number of benzene rings is 14. The van der Waals surface area contributed by atoms with Gasteiger partial charge in [-0.05, 0) is 176 Å². The molecule has 5 heteroatoms. The van der Waals surface area contributed by atoms with E-state index >= 15 is 8.78 Å². The van der Waals surface area contributed by atoms with E-state index in [9.17, 15) is 0 Å². The Hall–Kier alpha value is -11.1. The fourth-order valence-electron chi connectivity index (χ4n) is 13.6. The molecule has 0 amide bonds. The van der Waals surface area contributed by atoms with Gasteiger partial charge in [0, 0.05) is 60.2 Å². The molecule has 0 N–H and O–H groups in total. The standard InChI is InChI=1S/C80H49F2N3/c81-71-26-12-18-52-16-10-24-63(79(52)71)58-34-42-73-67(46-58)65-38-30-56(48-77(65)84(73)60-20-6-2-7-21-60)54-32-40-75-69(44-54)70-45-55(33-41-76(70)83(75)62-36-28-51(29-37-62)50-14-4-1-5-15-50)57-31-39-66-68-47-59(64-25-11-17-53-19-13-27-72(82)80(53)64)35-43-74(68)85(78(66)49-57)61-22-8-3-9-23-61/h1-49H. The van der Waals surface area contributed by atoms with Crippen LogP contribution >= 0.6 is 0 Å². The predicted molar refractivity (Wildman–Crippen MR) is 352 cm³/mol. The number of hydrogen-bond donors (Lipinski definition) is 0. The van der Waals surface area contributed by atoms with Crippen molar-refractivity contribution in [1.29, 1.82) is 0 Å². The minimum absolute atomic E-state index is 0.222. The van der Waals surface area contributed by atoms with Crippen molar-refractivity contribution in [2.45, 2.75) is 0 Å². The number of aromatic nitrogens is 3. The van der Waals surface area contributed by atoms with Crippen molar-refractivity contribution >= 4 is 87.0 Å². The first-order chi connectivity index (χ1) is 42.0. The second-order valence-corrected chi connectivity index (χ2v) is 22.3. The normalized spacial score (nSPS) is 11.9. The Labute approximate surface area is 488 Å². The first-order valence-electron chi connectivity index (χ1n) is 28.8. The maximum Gasteiger partial charge on any atom is 0.131 e. The molecule has 3 nitrogen and oxygen atoms in total. The van der Waals surface area contributed by atoms with E-state index in [0.717, 1.165) is 138 Å². The molecule has 0 aliphatic rings. The van der Waals surface area contributed by atoms with Crippen molar-refractivity contribution in [1.82, 2.24) is 13.7 Å². The molecule has 14 aromatic carbocycles. The molecule has 0 radical (unpaired) electrons. The van der Waals surface area contributed by atoms with Crippen LogP contribution in [0.15, 0.2) is 297 Å². The Kier molecular flexibility index (Phi) is 11.0. The van der Waals surface area contributed by atoms with E-state index in [-0.39, 0.29) is 11.6 Å². The van der Waals surface area contributed by atoms with Crippen LogP contribution in [0.3, 0.4) is 0 Å². The summed E-state index contributed by atoms with van der Waals surface area (Å²) in [5.41, 5.74) is 20.2. The maximum atomic E-state index is 15.6. The van der Waals surface area contributed by atoms with E-state index in [2.05, 4.69) is 238 Å². The highest BCUT2D eigenvalue weighted by molar-refractivity contribution is 6.16. The highest BCUT2D eigenvalue weighted by Gasteiger charge is 2.21. The topological polar surface area (TPSA) is 14.8 Å². The van der Waals surface area contributed by atoms with Crippen LogP contribution in [0.4, 0.5) is 8.78 Å². The third-order valence-electron chi connectivity index (χ3n) is 17.6. The second kappa shape index (κ2) is 19.2. The summed E-state index contributed by atoms with van der Waals surface area (Å²) in [7, 11) is 0. The minimum atomic E-state index is -0.222. The van der Waals surface area contributed by atoms with E-state index in [1.165, 1.54) is 11.1 Å². The van der Waals surface area contributed by atoms with Crippen molar-refractivity contribution in [3.63, 3.8) is 0 Å². The fourth-order valence-corrected chi connectivity index (χ4v) is 13.6. The van der Waals surface area contributed by atoms with Crippen LogP contribution in [0.5, 0.6) is 0 Å². The van der Waals surface area contributed by atoms with E-state index in [4.69, 9.17) is 0 Å². The molecule has 0 fully saturated rings. The number of nitrogens with zero attached hydrogens (tertiary/aromatic N) is 3. The van der Waals surface area contributed by atoms with Gasteiger partial charge in [0.05, 0.1) is 33.1 Å². The average Bonchev–Trinajstić information content (AvgIpc) is 2.18. The summed E-state index contributed by atoms with van der Waals surface area (Å²) < 4.78 is 38.3. The summed E-state index contributed by atoms with van der Waals surface area (Å²) >= 11 is 0. The minimum Gasteiger partial charge on any atom is -0.309 e. The molecule has 0 saturated heterocycles. The van der Waals surface area contributed by atoms with Crippen LogP contribution in [0.2, 0.25) is 0 Å². The van der Waals surface area contributed by atoms with Gasteiger partial charge in [0.15, 0.2) is 0 Å². The van der Waals surface area contributed by atoms with Gasteiger partial charge in [0.1, 0.15) is 11.6 Å². The third-order valence-corrected chi connectivity index (χ3v) is 17.6. The molecule has 0 aliphatic carbocycles. The van der Waals surface area contributed by atoms with Crippen LogP contribution in [-0.4, -0.2) is 13.7 Å². The summed E-state index contributed by atoms with van der Waals surface area (Å²) in [6.07, 6.45) is 0. The van der Waals surface area contributed by atoms with Gasteiger partial charge >= 0.3 is 0 Å². The first kappa shape index (κ1) is 48.6. The second-order valence-electron chi connectivity index (χ2n) is 22.3. The van der Waals surface area contributed by atoms with Crippen LogP contribution in [0, 0.1) is 11.6 Å². The zero-order valence-electron chi connectivity index (χ0n) is 45.9. The Morgan fingerprint density at radius 3 is 0.965 bits per heavy atom. The predicted octanol–water partition coefficient (Wildman–Crippen LogP) is 21.9. The van der Waals surface area contributed by atoms with Gasteiger partial charge in [-0.1, -0.05) is 188 Å². The zero-order chi connectivity index (χ0) is 56.3. The van der Waals surface area contributed by atoms with Gasteiger partial charge in [0.2, 0.25) is 0 Å². The van der Waals surface area contributed by atoms with Crippen LogP contribution < -0.4 is 0 Å². The molecular formula is C80H49F2N3. The molecule has 0 unspecified atom stereocenters. The highest BCUT2D eigenvalue weighted by atomic mass is 19.1. The smallest absolute Gasteiger partial charge is 0.131 e. The maximum absolute atomic E-state index is 15.6. The summed E-state index contributed by atoms with van der Waals surface area (Å²) in [6.45, 7) is 0. The number of halogens is 2. The van der Waals surface area contributed by atoms with Gasteiger partial charge in [-0.3, -0.25) is 0 Å². The van der Waals surface area contributed by atoms with E-state index in [0.29, 0.717) is 10.8 Å². The van der Waals surface area contributed by atoms with Crippen molar-refractivity contribution in [3.05, 3.63) is 309 Å². The summed E-state index contributed by atoms with van der Waals surface area (Å²) in [5, 5.41) is 9.76. The SMILES string of the molecule is Fc1cccc2cccc(-c3ccc4c(c3)c3ccc(-c5ccc6c(c5)c5cc(-c7ccc8c9cc(-c%10cccc%11cccc(F)c%10%11)ccc9n(-c9ccccc9)c8c7)ccc5n6-c5ccc(-c6ccccc6)cc5)cc3n4-c3ccccc3)c12. The number of fused-ring (bicyclic) bond motifs is 11. The van der Waals surface area contributed by atoms with Gasteiger partial charge in [-0.25, -0.2) is 8.78 Å². The van der Waals surface area contributed by atoms with Crippen LogP contribution in [-0.2, 0) is 0 Å². The van der Waals surface area contributed by atoms with Crippen LogP contribution in [0.25, 0.3) is 160 Å². The highest BCUT2D eigenvalue weighted by Crippen LogP contribution is 2.44. The molecular weight excluding hydrogens is 1040 g/mol. The van der Waals surface area contributed by atoms with Gasteiger partial charge < -0.3 is 13.7 Å². The Bertz CT molecular complexity index is 5230. The number of para-hydroxylation sites is 2. The van der Waals surface area contributed by atoms with E-state index < -0.39 is 0 Å². The monoisotopic (exact) mass is 1090 g/mol. The molecule has 17 aromatic rings. The molecule has 398 valence electrons. The van der Waals surface area contributed by atoms with Crippen molar-refractivity contribution in [2.24, 2.45) is 0 Å². The van der Waals surface area contributed by atoms with E-state index in [1.807, 2.05) is 48.5 Å². The lowest BCUT2D eigenvalue weighted by Crippen LogP contribution is -1.94. The average molecular weight is 1090 g/mol. The number of hydrogen-bond acceptors (Lipinski definition) is 0. The quantitative estimate of drug-likeness (QED) is 0.144. The molecule has 0 spiro atoms. The first-order valence-corrected chi connectivity index (χ1v) is 28.8. The third kappa shape index (κ3) is 7.78. The van der Waals surface area contributed by atoms with Gasteiger partial charge in [-0.15, -0.1) is 0 Å². The van der Waals surface area contributed by atoms with Gasteiger partial charge in [0.25, 0.3) is 0 Å². The lowest BCUT2D eigenvalue weighted by molar-refractivity contribution is 0.639. The largest absolute Gasteiger partial charge is 0.309 e. The van der Waals surface area contributed by atoms with E-state index in [1.54, 1.807) is 24.3 Å². The lowest BCUT2D eigenvalue weighted by atomic mass is 9.96. The molecule has 0 aliphatic heterocycles. The molecule has 3 heterocycles. The van der Waals surface area contributed by atoms with Crippen molar-refractivity contribution in [3.8, 4) is 72.7 Å².